The van der Waals surface area contributed by atoms with E-state index in [4.69, 9.17) is 22.2 Å². The molecule has 0 spiro atoms. The number of thioether (sulfide) groups is 1. The number of anilines is 1. The van der Waals surface area contributed by atoms with Crippen LogP contribution in [0.4, 0.5) is 5.13 Å². The molecule has 2 atom stereocenters. The number of hydrogen-bond acceptors (Lipinski definition) is 9. The number of aliphatic carboxylic acids is 1. The number of β-lactam (4-membered cyclic amide) rings is 1. The number of nitrogens with two attached hydrogens (primary N) is 1. The monoisotopic (exact) mass is 562 g/mol. The number of oxime groups is 1. The Kier molecular flexibility index (Phi) is 6.79. The van der Waals surface area contributed by atoms with Gasteiger partial charge in [0.1, 0.15) is 54.5 Å². The summed E-state index contributed by atoms with van der Waals surface area (Å²) in [6.07, 6.45) is 5.39. The SMILES string of the molecule is CCO/N=C(/C(=O)N[C@@H]1C(=O)N2C(C(=O)O)=C(C[n+]3ccn4cc(Cl)ccc43)CS[C@H]12)c1csc(N)n1. The van der Waals surface area contributed by atoms with Crippen LogP contribution in [0.1, 0.15) is 12.6 Å². The fourth-order valence-electron chi connectivity index (χ4n) is 4.16. The van der Waals surface area contributed by atoms with Crippen molar-refractivity contribution >= 4 is 69.0 Å². The maximum atomic E-state index is 13.1. The van der Waals surface area contributed by atoms with E-state index < -0.39 is 29.2 Å². The molecule has 0 aliphatic carbocycles. The van der Waals surface area contributed by atoms with Gasteiger partial charge in [0.2, 0.25) is 0 Å². The first-order chi connectivity index (χ1) is 17.8. The molecule has 5 rings (SSSR count). The minimum absolute atomic E-state index is 0.0736. The van der Waals surface area contributed by atoms with Gasteiger partial charge in [-0.1, -0.05) is 16.8 Å². The molecule has 0 unspecified atom stereocenters. The van der Waals surface area contributed by atoms with Crippen LogP contribution in [0.2, 0.25) is 5.02 Å². The fourth-order valence-corrected chi connectivity index (χ4v) is 6.21. The number of pyridine rings is 1. The lowest BCUT2D eigenvalue weighted by molar-refractivity contribution is -0.662. The molecule has 3 aromatic rings. The van der Waals surface area contributed by atoms with E-state index in [-0.39, 0.29) is 35.4 Å². The first-order valence-electron chi connectivity index (χ1n) is 11.1. The highest BCUT2D eigenvalue weighted by Gasteiger charge is 2.54. The third-order valence-corrected chi connectivity index (χ3v) is 8.02. The maximum Gasteiger partial charge on any atom is 0.352 e. The standard InChI is InChI=1S/C22H20ClN7O5S2/c1-2-35-27-15(13-10-37-22(24)25-13)18(31)26-16-19(32)30-17(21(33)34)11(9-36-20(16)30)7-28-5-6-29-8-12(23)3-4-14(28)29/h3-6,8,10,16,20H,2,7,9H2,1H3,(H3-,24,25,26,31,33,34)/p+1/b27-15+/t16-,20-/m1/s1. The Morgan fingerprint density at radius 3 is 2.95 bits per heavy atom. The molecule has 0 aromatic carbocycles. The molecule has 12 nitrogen and oxygen atoms in total. The molecule has 0 bridgehead atoms. The fraction of sp³-hybridized carbons (Fsp3) is 0.273. The van der Waals surface area contributed by atoms with Crippen LogP contribution in [0.15, 0.2) is 52.5 Å². The molecule has 3 aromatic heterocycles. The van der Waals surface area contributed by atoms with Gasteiger partial charge < -0.3 is 21.0 Å². The Balaban J connectivity index is 1.37. The lowest BCUT2D eigenvalue weighted by Gasteiger charge is -2.49. The van der Waals surface area contributed by atoms with Gasteiger partial charge >= 0.3 is 5.97 Å². The molecule has 0 radical (unpaired) electrons. The van der Waals surface area contributed by atoms with Crippen molar-refractivity contribution in [1.29, 1.82) is 0 Å². The molecule has 37 heavy (non-hydrogen) atoms. The largest absolute Gasteiger partial charge is 0.477 e. The van der Waals surface area contributed by atoms with Crippen LogP contribution < -0.4 is 15.6 Å². The molecule has 192 valence electrons. The zero-order chi connectivity index (χ0) is 26.3. The van der Waals surface area contributed by atoms with Gasteiger partial charge in [0.05, 0.1) is 5.02 Å². The minimum Gasteiger partial charge on any atom is -0.477 e. The van der Waals surface area contributed by atoms with Crippen LogP contribution in [0.5, 0.6) is 0 Å². The summed E-state index contributed by atoms with van der Waals surface area (Å²) in [5, 5.41) is 18.3. The van der Waals surface area contributed by atoms with Gasteiger partial charge in [-0.05, 0) is 13.0 Å². The smallest absolute Gasteiger partial charge is 0.352 e. The van der Waals surface area contributed by atoms with E-state index >= 15 is 0 Å². The number of carbonyl (C=O) groups excluding carboxylic acids is 2. The zero-order valence-electron chi connectivity index (χ0n) is 19.3. The van der Waals surface area contributed by atoms with E-state index in [0.717, 1.165) is 17.0 Å². The molecule has 0 saturated carbocycles. The third kappa shape index (κ3) is 4.63. The molecule has 15 heteroatoms. The summed E-state index contributed by atoms with van der Waals surface area (Å²) >= 11 is 8.57. The van der Waals surface area contributed by atoms with Crippen molar-refractivity contribution in [1.82, 2.24) is 19.6 Å². The summed E-state index contributed by atoms with van der Waals surface area (Å²) in [6.45, 7) is 2.21. The van der Waals surface area contributed by atoms with Crippen molar-refractivity contribution in [3.05, 3.63) is 58.1 Å². The van der Waals surface area contributed by atoms with E-state index in [9.17, 15) is 19.5 Å². The summed E-state index contributed by atoms with van der Waals surface area (Å²) in [4.78, 5) is 48.7. The van der Waals surface area contributed by atoms with Crippen LogP contribution in [-0.2, 0) is 25.8 Å². The van der Waals surface area contributed by atoms with Gasteiger partial charge in [0.15, 0.2) is 10.8 Å². The van der Waals surface area contributed by atoms with E-state index in [2.05, 4.69) is 15.5 Å². The first-order valence-corrected chi connectivity index (χ1v) is 13.4. The summed E-state index contributed by atoms with van der Waals surface area (Å²) < 4.78 is 3.72. The molecule has 2 amide bonds. The van der Waals surface area contributed by atoms with E-state index in [1.54, 1.807) is 24.6 Å². The first kappa shape index (κ1) is 25.0. The summed E-state index contributed by atoms with van der Waals surface area (Å²) in [5.74, 6) is -2.03. The highest BCUT2D eigenvalue weighted by Crippen LogP contribution is 2.40. The van der Waals surface area contributed by atoms with Gasteiger partial charge in [0.25, 0.3) is 17.5 Å². The Morgan fingerprint density at radius 1 is 1.43 bits per heavy atom. The minimum atomic E-state index is -1.21. The third-order valence-electron chi connectivity index (χ3n) is 5.78. The van der Waals surface area contributed by atoms with Gasteiger partial charge in [-0.25, -0.2) is 18.7 Å². The predicted molar refractivity (Wildman–Crippen MR) is 137 cm³/mol. The Hall–Kier alpha value is -3.62. The molecule has 2 aliphatic heterocycles. The number of carboxylic acids is 1. The number of carboxylic acid groups (broad SMARTS) is 1. The van der Waals surface area contributed by atoms with Crippen LogP contribution >= 0.6 is 34.7 Å². The second-order valence-corrected chi connectivity index (χ2v) is 10.5. The van der Waals surface area contributed by atoms with Gasteiger partial charge in [-0.3, -0.25) is 14.5 Å². The number of nitrogen functional groups attached to an aromatic ring is 1. The van der Waals surface area contributed by atoms with Crippen molar-refractivity contribution in [2.75, 3.05) is 18.1 Å². The Labute approximate surface area is 223 Å². The lowest BCUT2D eigenvalue weighted by atomic mass is 10.0. The Bertz CT molecular complexity index is 1480. The van der Waals surface area contributed by atoms with E-state index in [0.29, 0.717) is 16.3 Å². The quantitative estimate of drug-likeness (QED) is 0.159. The number of rotatable bonds is 8. The average Bonchev–Trinajstić information content (AvgIpc) is 3.47. The number of imidazole rings is 1. The van der Waals surface area contributed by atoms with Crippen molar-refractivity contribution in [2.45, 2.75) is 24.9 Å². The molecule has 4 N–H and O–H groups in total. The number of aromatic nitrogens is 3. The molecule has 5 heterocycles. The molecular formula is C22H21ClN7O5S2+. The average molecular weight is 563 g/mol. The number of nitrogens with zero attached hydrogens (tertiary/aromatic N) is 5. The van der Waals surface area contributed by atoms with Crippen LogP contribution in [-0.4, -0.2) is 66.7 Å². The Morgan fingerprint density at radius 2 is 2.24 bits per heavy atom. The number of hydrogen-bond donors (Lipinski definition) is 3. The van der Waals surface area contributed by atoms with Crippen LogP contribution in [0.3, 0.4) is 0 Å². The number of carbonyl (C=O) groups is 3. The van der Waals surface area contributed by atoms with E-state index in [1.165, 1.54) is 16.7 Å². The lowest BCUT2D eigenvalue weighted by Crippen LogP contribution is -2.71. The number of fused-ring (bicyclic) bond motifs is 2. The highest BCUT2D eigenvalue weighted by molar-refractivity contribution is 8.00. The van der Waals surface area contributed by atoms with Gasteiger partial charge in [-0.15, -0.1) is 23.1 Å². The van der Waals surface area contributed by atoms with Gasteiger partial charge in [-0.2, -0.15) is 0 Å². The normalized spacial score (nSPS) is 19.6. The summed E-state index contributed by atoms with van der Waals surface area (Å²) in [7, 11) is 0. The second-order valence-electron chi connectivity index (χ2n) is 8.09. The predicted octanol–water partition coefficient (Wildman–Crippen LogP) is 1.10. The summed E-state index contributed by atoms with van der Waals surface area (Å²) in [5.41, 5.74) is 7.11. The zero-order valence-corrected chi connectivity index (χ0v) is 21.7. The molecule has 1 saturated heterocycles. The number of nitrogens with one attached hydrogen (secondary N) is 1. The van der Waals surface area contributed by atoms with Crippen molar-refractivity contribution in [2.24, 2.45) is 5.16 Å². The van der Waals surface area contributed by atoms with Crippen molar-refractivity contribution in [3.63, 3.8) is 0 Å². The maximum absolute atomic E-state index is 13.1. The molecule has 1 fully saturated rings. The number of amides is 2. The van der Waals surface area contributed by atoms with Crippen molar-refractivity contribution < 1.29 is 28.9 Å². The van der Waals surface area contributed by atoms with Crippen LogP contribution in [0, 0.1) is 0 Å². The van der Waals surface area contributed by atoms with E-state index in [1.807, 2.05) is 27.4 Å². The second kappa shape index (κ2) is 10.0. The number of halogens is 1. The van der Waals surface area contributed by atoms with Crippen molar-refractivity contribution in [3.8, 4) is 0 Å². The van der Waals surface area contributed by atoms with Gasteiger partial charge in [0, 0.05) is 22.8 Å². The topological polar surface area (TPSA) is 156 Å². The number of thiazole rings is 1. The summed E-state index contributed by atoms with van der Waals surface area (Å²) in [6, 6.07) is 2.65. The van der Waals surface area contributed by atoms with Crippen LogP contribution in [0.25, 0.3) is 5.65 Å². The molecule has 2 aliphatic rings. The molecular weight excluding hydrogens is 542 g/mol. The highest BCUT2D eigenvalue weighted by atomic mass is 35.5.